The summed E-state index contributed by atoms with van der Waals surface area (Å²) in [6.45, 7) is 1.09. The van der Waals surface area contributed by atoms with Crippen LogP contribution >= 0.6 is 0 Å². The molecule has 0 radical (unpaired) electrons. The lowest BCUT2D eigenvalue weighted by Crippen LogP contribution is -2.42. The van der Waals surface area contributed by atoms with Crippen molar-refractivity contribution in [3.05, 3.63) is 137 Å². The molecule has 4 atom stereocenters. The van der Waals surface area contributed by atoms with E-state index in [0.29, 0.717) is 42.3 Å². The molecule has 2 aromatic heterocycles. The van der Waals surface area contributed by atoms with Crippen molar-refractivity contribution < 1.29 is 28.7 Å². The van der Waals surface area contributed by atoms with Gasteiger partial charge in [-0.1, -0.05) is 91.0 Å². The third-order valence-electron chi connectivity index (χ3n) is 11.3. The summed E-state index contributed by atoms with van der Waals surface area (Å²) >= 11 is 0. The number of aromatic amines is 2. The zero-order valence-electron chi connectivity index (χ0n) is 33.5. The maximum absolute atomic E-state index is 13.9. The minimum absolute atomic E-state index is 0.208. The number of aryl methyl sites for hydroxylation is 2. The van der Waals surface area contributed by atoms with Gasteiger partial charge in [-0.05, 0) is 72.9 Å². The minimum atomic E-state index is -0.897. The summed E-state index contributed by atoms with van der Waals surface area (Å²) in [5, 5.41) is 13.0. The van der Waals surface area contributed by atoms with Crippen LogP contribution in [0.3, 0.4) is 0 Å². The Morgan fingerprint density at radius 1 is 0.683 bits per heavy atom. The maximum Gasteiger partial charge on any atom is 0.407 e. The lowest BCUT2D eigenvalue weighted by Gasteiger charge is -2.28. The van der Waals surface area contributed by atoms with Gasteiger partial charge in [-0.2, -0.15) is 5.10 Å². The van der Waals surface area contributed by atoms with Gasteiger partial charge in [0.15, 0.2) is 5.82 Å². The average Bonchev–Trinajstić information content (AvgIpc) is 4.13. The number of likely N-dealkylation sites (tertiary alicyclic amines) is 2. The summed E-state index contributed by atoms with van der Waals surface area (Å²) in [7, 11) is 2.56. The standard InChI is InChI=1S/C45H47N9O6/c1-59-44(57)48-37(30-11-5-3-6-12-30)42(55)53-25-9-15-35(53)40-46-33-24-21-29(27-34(33)47-40)18-17-28-19-22-32(23-20-28)39-50-41(52-51-39)36-16-10-26-54(36)43(56)38(49-45(58)60-2)31-13-7-4-8-14-31/h3-8,11-14,19-24,27,35-38H,9-10,15-18,25-26H2,1-2H3,(H,46,47)(H,48,57)(H,49,58)(H,50,51,52)/t35-,36-,37+,38+/m0/s1. The Balaban J connectivity index is 0.905. The van der Waals surface area contributed by atoms with Gasteiger partial charge in [0.25, 0.3) is 11.8 Å². The highest BCUT2D eigenvalue weighted by atomic mass is 16.5. The molecule has 8 rings (SSSR count). The Morgan fingerprint density at radius 3 is 1.78 bits per heavy atom. The number of amides is 4. The molecular weight excluding hydrogens is 763 g/mol. The van der Waals surface area contributed by atoms with Crippen molar-refractivity contribution in [1.82, 2.24) is 45.6 Å². The monoisotopic (exact) mass is 809 g/mol. The van der Waals surface area contributed by atoms with Crippen molar-refractivity contribution in [2.45, 2.75) is 62.7 Å². The highest BCUT2D eigenvalue weighted by molar-refractivity contribution is 5.88. The van der Waals surface area contributed by atoms with Crippen molar-refractivity contribution in [2.24, 2.45) is 0 Å². The number of carbonyl (C=O) groups excluding carboxylic acids is 4. The van der Waals surface area contributed by atoms with Crippen LogP contribution in [0, 0.1) is 0 Å². The first-order chi connectivity index (χ1) is 29.3. The maximum atomic E-state index is 13.9. The van der Waals surface area contributed by atoms with E-state index in [4.69, 9.17) is 19.4 Å². The van der Waals surface area contributed by atoms with Gasteiger partial charge < -0.3 is 34.9 Å². The van der Waals surface area contributed by atoms with Crippen LogP contribution in [0.25, 0.3) is 22.4 Å². The Hall–Kier alpha value is -7.03. The fourth-order valence-corrected chi connectivity index (χ4v) is 8.23. The molecule has 2 fully saturated rings. The van der Waals surface area contributed by atoms with E-state index in [9.17, 15) is 19.2 Å². The SMILES string of the molecule is COC(=O)N[C@@H](C(=O)N1CCC[C@H]1c1nc(-c2ccc(CCc3ccc4[nH]c([C@@H]5CCCN5C(=O)[C@H](NC(=O)OC)c5ccccc5)nc4c3)cc2)n[nH]1)c1ccccc1. The minimum Gasteiger partial charge on any atom is -0.453 e. The number of aromatic nitrogens is 5. The number of carbonyl (C=O) groups is 4. The number of nitrogens with zero attached hydrogens (tertiary/aromatic N) is 5. The van der Waals surface area contributed by atoms with Crippen molar-refractivity contribution in [1.29, 1.82) is 0 Å². The first-order valence-corrected chi connectivity index (χ1v) is 20.2. The highest BCUT2D eigenvalue weighted by Crippen LogP contribution is 2.35. The fraction of sp³-hybridized carbons (Fsp3) is 0.311. The molecule has 0 bridgehead atoms. The van der Waals surface area contributed by atoms with Crippen molar-refractivity contribution in [3.8, 4) is 11.4 Å². The third kappa shape index (κ3) is 8.56. The molecule has 15 nitrogen and oxygen atoms in total. The molecule has 15 heteroatoms. The van der Waals surface area contributed by atoms with Gasteiger partial charge in [0.1, 0.15) is 23.7 Å². The van der Waals surface area contributed by atoms with Crippen LogP contribution in [0.15, 0.2) is 103 Å². The van der Waals surface area contributed by atoms with Crippen LogP contribution in [0.1, 0.15) is 83.8 Å². The van der Waals surface area contributed by atoms with Crippen molar-refractivity contribution in [2.75, 3.05) is 27.3 Å². The second-order valence-corrected chi connectivity index (χ2v) is 15.1. The molecule has 0 spiro atoms. The van der Waals surface area contributed by atoms with Gasteiger partial charge in [0.2, 0.25) is 0 Å². The number of hydrogen-bond donors (Lipinski definition) is 4. The number of fused-ring (bicyclic) bond motifs is 1. The van der Waals surface area contributed by atoms with Gasteiger partial charge in [0, 0.05) is 18.7 Å². The second-order valence-electron chi connectivity index (χ2n) is 15.1. The molecule has 2 aliphatic heterocycles. The Labute approximate surface area is 346 Å². The first kappa shape index (κ1) is 39.8. The van der Waals surface area contributed by atoms with Crippen LogP contribution in [0.4, 0.5) is 9.59 Å². The van der Waals surface area contributed by atoms with E-state index in [1.807, 2.05) is 66.7 Å². The zero-order valence-corrected chi connectivity index (χ0v) is 33.5. The summed E-state index contributed by atoms with van der Waals surface area (Å²) in [5.74, 6) is 1.42. The highest BCUT2D eigenvalue weighted by Gasteiger charge is 2.38. The van der Waals surface area contributed by atoms with Crippen LogP contribution in [0.5, 0.6) is 0 Å². The number of alkyl carbamates (subject to hydrolysis) is 2. The molecule has 0 saturated carbocycles. The molecule has 4 N–H and O–H groups in total. The van der Waals surface area contributed by atoms with Crippen LogP contribution in [-0.2, 0) is 31.9 Å². The van der Waals surface area contributed by atoms with E-state index in [-0.39, 0.29) is 23.9 Å². The Bertz CT molecular complexity index is 2450. The van der Waals surface area contributed by atoms with Gasteiger partial charge in [0.05, 0.1) is 37.3 Å². The van der Waals surface area contributed by atoms with Crippen LogP contribution in [-0.4, -0.2) is 86.3 Å². The normalized spacial score (nSPS) is 17.3. The quantitative estimate of drug-likeness (QED) is 0.105. The zero-order chi connectivity index (χ0) is 41.6. The molecule has 4 aromatic carbocycles. The fourth-order valence-electron chi connectivity index (χ4n) is 8.23. The number of nitrogens with one attached hydrogen (secondary N) is 4. The van der Waals surface area contributed by atoms with Crippen molar-refractivity contribution >= 4 is 35.0 Å². The molecule has 4 heterocycles. The van der Waals surface area contributed by atoms with Gasteiger partial charge >= 0.3 is 12.2 Å². The van der Waals surface area contributed by atoms with Gasteiger partial charge in [-0.3, -0.25) is 14.7 Å². The van der Waals surface area contributed by atoms with E-state index in [0.717, 1.165) is 65.7 Å². The topological polar surface area (TPSA) is 188 Å². The first-order valence-electron chi connectivity index (χ1n) is 20.2. The molecule has 60 heavy (non-hydrogen) atoms. The predicted molar refractivity (Wildman–Crippen MR) is 222 cm³/mol. The van der Waals surface area contributed by atoms with E-state index in [1.165, 1.54) is 14.2 Å². The summed E-state index contributed by atoms with van der Waals surface area (Å²) in [6, 6.07) is 30.4. The molecule has 0 unspecified atom stereocenters. The summed E-state index contributed by atoms with van der Waals surface area (Å²) in [4.78, 5) is 69.0. The van der Waals surface area contributed by atoms with Crippen LogP contribution in [0.2, 0.25) is 0 Å². The summed E-state index contributed by atoms with van der Waals surface area (Å²) < 4.78 is 9.65. The second kappa shape index (κ2) is 17.9. The third-order valence-corrected chi connectivity index (χ3v) is 11.3. The van der Waals surface area contributed by atoms with E-state index in [1.54, 1.807) is 21.9 Å². The number of rotatable bonds is 12. The molecule has 2 saturated heterocycles. The molecule has 4 amide bonds. The average molecular weight is 810 g/mol. The summed E-state index contributed by atoms with van der Waals surface area (Å²) in [5.41, 5.74) is 6.23. The number of hydrogen-bond acceptors (Lipinski definition) is 9. The molecular formula is C45H47N9O6. The van der Waals surface area contributed by atoms with E-state index >= 15 is 0 Å². The molecule has 6 aromatic rings. The van der Waals surface area contributed by atoms with Gasteiger partial charge in [-0.15, -0.1) is 0 Å². The largest absolute Gasteiger partial charge is 0.453 e. The summed E-state index contributed by atoms with van der Waals surface area (Å²) in [6.07, 6.45) is 3.35. The Morgan fingerprint density at radius 2 is 1.22 bits per heavy atom. The van der Waals surface area contributed by atoms with E-state index < -0.39 is 24.3 Å². The Kier molecular flexibility index (Phi) is 11.8. The number of ether oxygens (including phenoxy) is 2. The van der Waals surface area contributed by atoms with Crippen molar-refractivity contribution in [3.63, 3.8) is 0 Å². The lowest BCUT2D eigenvalue weighted by atomic mass is 10.0. The number of H-pyrrole nitrogens is 2. The molecule has 2 aliphatic rings. The lowest BCUT2D eigenvalue weighted by molar-refractivity contribution is -0.135. The molecule has 308 valence electrons. The smallest absolute Gasteiger partial charge is 0.407 e. The van der Waals surface area contributed by atoms with Crippen LogP contribution < -0.4 is 10.6 Å². The number of imidazole rings is 1. The number of benzene rings is 4. The van der Waals surface area contributed by atoms with Gasteiger partial charge in [-0.25, -0.2) is 19.6 Å². The number of methoxy groups -OCH3 is 2. The van der Waals surface area contributed by atoms with E-state index in [2.05, 4.69) is 50.1 Å². The molecule has 0 aliphatic carbocycles. The predicted octanol–water partition coefficient (Wildman–Crippen LogP) is 6.65.